The Balaban J connectivity index is 1.97. The molecule has 3 rings (SSSR count). The van der Waals surface area contributed by atoms with Crippen molar-refractivity contribution < 1.29 is 8.78 Å². The van der Waals surface area contributed by atoms with Gasteiger partial charge in [0.25, 0.3) is 0 Å². The standard InChI is InChI=1S/C18H10F2N2S/c19-15-7-6-13(16(20)9-15)8-14(10-21)18-22-17(11-23-18)12-4-2-1-3-5-12/h1-9,11H/b14-8+. The van der Waals surface area contributed by atoms with Crippen molar-refractivity contribution in [2.75, 3.05) is 0 Å². The van der Waals surface area contributed by atoms with Crippen molar-refractivity contribution >= 4 is 23.0 Å². The van der Waals surface area contributed by atoms with E-state index in [0.29, 0.717) is 5.01 Å². The Bertz CT molecular complexity index is 908. The molecule has 5 heteroatoms. The Hall–Kier alpha value is -2.84. The van der Waals surface area contributed by atoms with Crippen molar-refractivity contribution in [3.05, 3.63) is 76.1 Å². The van der Waals surface area contributed by atoms with E-state index in [1.807, 2.05) is 41.8 Å². The zero-order valence-corrected chi connectivity index (χ0v) is 12.6. The minimum Gasteiger partial charge on any atom is -0.235 e. The molecule has 0 fully saturated rings. The molecule has 0 radical (unpaired) electrons. The van der Waals surface area contributed by atoms with Gasteiger partial charge in [0.15, 0.2) is 0 Å². The normalized spacial score (nSPS) is 11.3. The van der Waals surface area contributed by atoms with Crippen LogP contribution >= 0.6 is 11.3 Å². The summed E-state index contributed by atoms with van der Waals surface area (Å²) < 4.78 is 26.7. The summed E-state index contributed by atoms with van der Waals surface area (Å²) >= 11 is 1.31. The second kappa shape index (κ2) is 6.51. The summed E-state index contributed by atoms with van der Waals surface area (Å²) in [6.45, 7) is 0. The van der Waals surface area contributed by atoms with Crippen molar-refractivity contribution in [1.82, 2.24) is 4.98 Å². The van der Waals surface area contributed by atoms with Crippen LogP contribution in [0.3, 0.4) is 0 Å². The van der Waals surface area contributed by atoms with Crippen molar-refractivity contribution in [3.63, 3.8) is 0 Å². The molecule has 1 aromatic heterocycles. The van der Waals surface area contributed by atoms with Crippen LogP contribution in [0.1, 0.15) is 10.6 Å². The molecule has 0 aliphatic heterocycles. The number of allylic oxidation sites excluding steroid dienone is 1. The molecule has 0 spiro atoms. The first-order valence-electron chi connectivity index (χ1n) is 6.75. The maximum Gasteiger partial charge on any atom is 0.134 e. The van der Waals surface area contributed by atoms with Gasteiger partial charge in [0.1, 0.15) is 22.7 Å². The highest BCUT2D eigenvalue weighted by molar-refractivity contribution is 7.11. The van der Waals surface area contributed by atoms with Crippen LogP contribution in [0.2, 0.25) is 0 Å². The molecule has 3 aromatic rings. The Morgan fingerprint density at radius 3 is 2.61 bits per heavy atom. The minimum absolute atomic E-state index is 0.152. The zero-order chi connectivity index (χ0) is 16.2. The number of nitriles is 1. The molecule has 2 nitrogen and oxygen atoms in total. The van der Waals surface area contributed by atoms with E-state index < -0.39 is 11.6 Å². The second-order valence-electron chi connectivity index (χ2n) is 4.74. The quantitative estimate of drug-likeness (QED) is 0.625. The lowest BCUT2D eigenvalue weighted by Crippen LogP contribution is -1.87. The van der Waals surface area contributed by atoms with Crippen molar-refractivity contribution in [3.8, 4) is 17.3 Å². The van der Waals surface area contributed by atoms with E-state index in [4.69, 9.17) is 0 Å². The fourth-order valence-corrected chi connectivity index (χ4v) is 2.85. The summed E-state index contributed by atoms with van der Waals surface area (Å²) in [5, 5.41) is 11.7. The van der Waals surface area contributed by atoms with Crippen molar-refractivity contribution in [1.29, 1.82) is 5.26 Å². The maximum absolute atomic E-state index is 13.7. The molecule has 0 unspecified atom stereocenters. The lowest BCUT2D eigenvalue weighted by atomic mass is 10.1. The topological polar surface area (TPSA) is 36.7 Å². The number of hydrogen-bond acceptors (Lipinski definition) is 3. The van der Waals surface area contributed by atoms with E-state index in [2.05, 4.69) is 4.98 Å². The number of thiazole rings is 1. The summed E-state index contributed by atoms with van der Waals surface area (Å²) in [5.74, 6) is -1.36. The average molecular weight is 324 g/mol. The smallest absolute Gasteiger partial charge is 0.134 e. The van der Waals surface area contributed by atoms with Gasteiger partial charge in [0, 0.05) is 22.6 Å². The van der Waals surface area contributed by atoms with Gasteiger partial charge in [-0.3, -0.25) is 0 Å². The molecule has 23 heavy (non-hydrogen) atoms. The number of rotatable bonds is 3. The fourth-order valence-electron chi connectivity index (χ4n) is 2.05. The number of nitrogens with zero attached hydrogens (tertiary/aromatic N) is 2. The van der Waals surface area contributed by atoms with Gasteiger partial charge in [0.2, 0.25) is 0 Å². The fraction of sp³-hybridized carbons (Fsp3) is 0. The third-order valence-corrected chi connectivity index (χ3v) is 4.06. The lowest BCUT2D eigenvalue weighted by Gasteiger charge is -1.98. The Labute approximate surface area is 136 Å². The van der Waals surface area contributed by atoms with E-state index in [0.717, 1.165) is 23.4 Å². The molecule has 0 atom stereocenters. The van der Waals surface area contributed by atoms with E-state index in [-0.39, 0.29) is 11.1 Å². The number of halogens is 2. The highest BCUT2D eigenvalue weighted by atomic mass is 32.1. The third-order valence-electron chi connectivity index (χ3n) is 3.19. The van der Waals surface area contributed by atoms with Crippen LogP contribution in [-0.4, -0.2) is 4.98 Å². The Morgan fingerprint density at radius 2 is 1.91 bits per heavy atom. The first kappa shape index (κ1) is 15.1. The molecule has 0 aliphatic rings. The highest BCUT2D eigenvalue weighted by Gasteiger charge is 2.10. The molecule has 0 aliphatic carbocycles. The Kier molecular flexibility index (Phi) is 4.26. The number of hydrogen-bond donors (Lipinski definition) is 0. The first-order valence-corrected chi connectivity index (χ1v) is 7.63. The predicted molar refractivity (Wildman–Crippen MR) is 87.4 cm³/mol. The molecule has 112 valence electrons. The Morgan fingerprint density at radius 1 is 1.13 bits per heavy atom. The molecular formula is C18H10F2N2S. The van der Waals surface area contributed by atoms with E-state index >= 15 is 0 Å². The van der Waals surface area contributed by atoms with Gasteiger partial charge in [-0.15, -0.1) is 11.3 Å². The van der Waals surface area contributed by atoms with E-state index in [9.17, 15) is 14.0 Å². The molecule has 1 heterocycles. The van der Waals surface area contributed by atoms with Gasteiger partial charge in [-0.1, -0.05) is 30.3 Å². The predicted octanol–water partition coefficient (Wildman–Crippen LogP) is 5.15. The largest absolute Gasteiger partial charge is 0.235 e. The summed E-state index contributed by atoms with van der Waals surface area (Å²) in [6.07, 6.45) is 1.38. The van der Waals surface area contributed by atoms with Gasteiger partial charge in [-0.25, -0.2) is 13.8 Å². The molecule has 0 N–H and O–H groups in total. The molecule has 0 amide bonds. The zero-order valence-electron chi connectivity index (χ0n) is 11.8. The summed E-state index contributed by atoms with van der Waals surface area (Å²) in [5.41, 5.74) is 2.09. The summed E-state index contributed by atoms with van der Waals surface area (Å²) in [6, 6.07) is 14.8. The minimum atomic E-state index is -0.711. The number of benzene rings is 2. The molecule has 2 aromatic carbocycles. The summed E-state index contributed by atoms with van der Waals surface area (Å²) in [7, 11) is 0. The van der Waals surface area contributed by atoms with Gasteiger partial charge in [0.05, 0.1) is 11.3 Å². The highest BCUT2D eigenvalue weighted by Crippen LogP contribution is 2.27. The number of aromatic nitrogens is 1. The van der Waals surface area contributed by atoms with Crippen LogP contribution in [0.4, 0.5) is 8.78 Å². The molecule has 0 bridgehead atoms. The third kappa shape index (κ3) is 3.33. The summed E-state index contributed by atoms with van der Waals surface area (Å²) in [4.78, 5) is 4.43. The van der Waals surface area contributed by atoms with Crippen LogP contribution < -0.4 is 0 Å². The van der Waals surface area contributed by atoms with Crippen LogP contribution in [0.5, 0.6) is 0 Å². The van der Waals surface area contributed by atoms with Crippen LogP contribution in [0.15, 0.2) is 53.9 Å². The van der Waals surface area contributed by atoms with E-state index in [1.165, 1.54) is 23.5 Å². The van der Waals surface area contributed by atoms with Gasteiger partial charge >= 0.3 is 0 Å². The second-order valence-corrected chi connectivity index (χ2v) is 5.60. The van der Waals surface area contributed by atoms with Gasteiger partial charge in [-0.05, 0) is 18.2 Å². The van der Waals surface area contributed by atoms with E-state index in [1.54, 1.807) is 0 Å². The monoisotopic (exact) mass is 324 g/mol. The molecular weight excluding hydrogens is 314 g/mol. The van der Waals surface area contributed by atoms with Gasteiger partial charge < -0.3 is 0 Å². The molecule has 0 saturated carbocycles. The average Bonchev–Trinajstić information content (AvgIpc) is 3.05. The maximum atomic E-state index is 13.7. The first-order chi connectivity index (χ1) is 11.2. The molecule has 0 saturated heterocycles. The SMILES string of the molecule is N#C/C(=C\c1ccc(F)cc1F)c1nc(-c2ccccc2)cs1. The van der Waals surface area contributed by atoms with Crippen molar-refractivity contribution in [2.45, 2.75) is 0 Å². The van der Waals surface area contributed by atoms with Crippen molar-refractivity contribution in [2.24, 2.45) is 0 Å². The lowest BCUT2D eigenvalue weighted by molar-refractivity contribution is 0.581. The van der Waals surface area contributed by atoms with Gasteiger partial charge in [-0.2, -0.15) is 5.26 Å². The van der Waals surface area contributed by atoms with Crippen LogP contribution in [0, 0.1) is 23.0 Å². The van der Waals surface area contributed by atoms with Crippen LogP contribution in [0.25, 0.3) is 22.9 Å². The van der Waals surface area contributed by atoms with Crippen LogP contribution in [-0.2, 0) is 0 Å².